The molecule has 1 rings (SSSR count). The maximum absolute atomic E-state index is 12.0. The number of hydrogen-bond acceptors (Lipinski definition) is 3. The zero-order valence-corrected chi connectivity index (χ0v) is 11.7. The Hall–Kier alpha value is -0.870. The van der Waals surface area contributed by atoms with Crippen LogP contribution in [0.25, 0.3) is 0 Å². The minimum Gasteiger partial charge on any atom is -0.341 e. The third kappa shape index (κ3) is 4.13. The average Bonchev–Trinajstić information content (AvgIpc) is 2.80. The second-order valence-electron chi connectivity index (χ2n) is 4.48. The first-order valence-electron chi connectivity index (χ1n) is 6.10. The SMILES string of the molecule is CCC[C@H](N)C(=O)N(C)C(C)Cc1cccs1. The van der Waals surface area contributed by atoms with Crippen LogP contribution in [0.4, 0.5) is 0 Å². The molecule has 4 heteroatoms. The summed E-state index contributed by atoms with van der Waals surface area (Å²) in [7, 11) is 1.84. The lowest BCUT2D eigenvalue weighted by Crippen LogP contribution is -2.46. The Kier molecular flexibility index (Phi) is 5.65. The summed E-state index contributed by atoms with van der Waals surface area (Å²) in [6, 6.07) is 3.99. The first-order valence-corrected chi connectivity index (χ1v) is 6.98. The van der Waals surface area contributed by atoms with Crippen LogP contribution < -0.4 is 5.73 Å². The Morgan fingerprint density at radius 3 is 2.82 bits per heavy atom. The maximum Gasteiger partial charge on any atom is 0.239 e. The largest absolute Gasteiger partial charge is 0.341 e. The van der Waals surface area contributed by atoms with Crippen molar-refractivity contribution in [1.29, 1.82) is 0 Å². The Labute approximate surface area is 108 Å². The van der Waals surface area contributed by atoms with Crippen molar-refractivity contribution < 1.29 is 4.79 Å². The average molecular weight is 254 g/mol. The summed E-state index contributed by atoms with van der Waals surface area (Å²) >= 11 is 1.73. The standard InChI is InChI=1S/C13H22N2OS/c1-4-6-12(14)13(16)15(3)10(2)9-11-7-5-8-17-11/h5,7-8,10,12H,4,6,9,14H2,1-3H3/t10?,12-/m0/s1. The highest BCUT2D eigenvalue weighted by molar-refractivity contribution is 7.09. The van der Waals surface area contributed by atoms with Gasteiger partial charge >= 0.3 is 0 Å². The van der Waals surface area contributed by atoms with Crippen LogP contribution in [0.15, 0.2) is 17.5 Å². The molecule has 1 unspecified atom stereocenters. The molecule has 1 aromatic rings. The summed E-state index contributed by atoms with van der Waals surface area (Å²) < 4.78 is 0. The van der Waals surface area contributed by atoms with E-state index in [2.05, 4.69) is 18.4 Å². The van der Waals surface area contributed by atoms with Crippen molar-refractivity contribution in [2.24, 2.45) is 5.73 Å². The summed E-state index contributed by atoms with van der Waals surface area (Å²) in [5.74, 6) is 0.0518. The van der Waals surface area contributed by atoms with Gasteiger partial charge in [-0.25, -0.2) is 0 Å². The van der Waals surface area contributed by atoms with E-state index in [1.165, 1.54) is 4.88 Å². The van der Waals surface area contributed by atoms with Crippen molar-refractivity contribution in [3.05, 3.63) is 22.4 Å². The highest BCUT2D eigenvalue weighted by Gasteiger charge is 2.21. The third-order valence-electron chi connectivity index (χ3n) is 3.00. The van der Waals surface area contributed by atoms with Crippen LogP contribution in [0.3, 0.4) is 0 Å². The van der Waals surface area contributed by atoms with Gasteiger partial charge in [0.2, 0.25) is 5.91 Å². The topological polar surface area (TPSA) is 46.3 Å². The van der Waals surface area contributed by atoms with E-state index in [9.17, 15) is 4.79 Å². The molecular weight excluding hydrogens is 232 g/mol. The van der Waals surface area contributed by atoms with Gasteiger partial charge in [0, 0.05) is 24.4 Å². The molecule has 3 nitrogen and oxygen atoms in total. The number of carbonyl (C=O) groups is 1. The molecule has 0 saturated carbocycles. The van der Waals surface area contributed by atoms with E-state index in [1.807, 2.05) is 20.0 Å². The van der Waals surface area contributed by atoms with Crippen LogP contribution in [-0.2, 0) is 11.2 Å². The van der Waals surface area contributed by atoms with Crippen LogP contribution in [-0.4, -0.2) is 29.9 Å². The molecule has 17 heavy (non-hydrogen) atoms. The lowest BCUT2D eigenvalue weighted by atomic mass is 10.1. The van der Waals surface area contributed by atoms with Crippen LogP contribution in [0.1, 0.15) is 31.6 Å². The van der Waals surface area contributed by atoms with Crippen molar-refractivity contribution in [3.8, 4) is 0 Å². The fraction of sp³-hybridized carbons (Fsp3) is 0.615. The molecule has 1 aromatic heterocycles. The predicted octanol–water partition coefficient (Wildman–Crippen LogP) is 2.26. The highest BCUT2D eigenvalue weighted by Crippen LogP contribution is 2.14. The van der Waals surface area contributed by atoms with Gasteiger partial charge < -0.3 is 10.6 Å². The Bertz CT molecular complexity index is 337. The van der Waals surface area contributed by atoms with Gasteiger partial charge in [-0.3, -0.25) is 4.79 Å². The highest BCUT2D eigenvalue weighted by atomic mass is 32.1. The van der Waals surface area contributed by atoms with Crippen molar-refractivity contribution in [2.75, 3.05) is 7.05 Å². The molecule has 2 atom stereocenters. The smallest absolute Gasteiger partial charge is 0.239 e. The summed E-state index contributed by atoms with van der Waals surface area (Å²) in [6.45, 7) is 4.11. The molecule has 1 heterocycles. The van der Waals surface area contributed by atoms with E-state index in [4.69, 9.17) is 5.73 Å². The zero-order valence-electron chi connectivity index (χ0n) is 10.8. The normalized spacial score (nSPS) is 14.4. The first-order chi connectivity index (χ1) is 8.06. The Morgan fingerprint density at radius 1 is 1.59 bits per heavy atom. The van der Waals surface area contributed by atoms with Gasteiger partial charge in [-0.15, -0.1) is 11.3 Å². The van der Waals surface area contributed by atoms with Gasteiger partial charge in [-0.05, 0) is 24.8 Å². The van der Waals surface area contributed by atoms with E-state index >= 15 is 0 Å². The summed E-state index contributed by atoms with van der Waals surface area (Å²) in [5.41, 5.74) is 5.85. The van der Waals surface area contributed by atoms with E-state index in [-0.39, 0.29) is 18.0 Å². The lowest BCUT2D eigenvalue weighted by molar-refractivity contribution is -0.133. The molecule has 96 valence electrons. The monoisotopic (exact) mass is 254 g/mol. The number of nitrogens with two attached hydrogens (primary N) is 1. The van der Waals surface area contributed by atoms with Crippen molar-refractivity contribution >= 4 is 17.2 Å². The molecule has 2 N–H and O–H groups in total. The van der Waals surface area contributed by atoms with Gasteiger partial charge in [-0.1, -0.05) is 19.4 Å². The quantitative estimate of drug-likeness (QED) is 0.846. The molecular formula is C13H22N2OS. The van der Waals surface area contributed by atoms with E-state index in [1.54, 1.807) is 16.2 Å². The van der Waals surface area contributed by atoms with Crippen LogP contribution in [0.2, 0.25) is 0 Å². The van der Waals surface area contributed by atoms with Gasteiger partial charge in [0.05, 0.1) is 6.04 Å². The number of rotatable bonds is 6. The number of carbonyl (C=O) groups excluding carboxylic acids is 1. The van der Waals surface area contributed by atoms with Gasteiger partial charge in [0.25, 0.3) is 0 Å². The van der Waals surface area contributed by atoms with Crippen molar-refractivity contribution in [1.82, 2.24) is 4.90 Å². The van der Waals surface area contributed by atoms with Gasteiger partial charge in [0.15, 0.2) is 0 Å². The lowest BCUT2D eigenvalue weighted by Gasteiger charge is -2.27. The zero-order chi connectivity index (χ0) is 12.8. The Morgan fingerprint density at radius 2 is 2.29 bits per heavy atom. The molecule has 0 saturated heterocycles. The minimum absolute atomic E-state index is 0.0518. The third-order valence-corrected chi connectivity index (χ3v) is 3.90. The fourth-order valence-electron chi connectivity index (χ4n) is 1.77. The second-order valence-corrected chi connectivity index (χ2v) is 5.51. The molecule has 0 spiro atoms. The number of nitrogens with zero attached hydrogens (tertiary/aromatic N) is 1. The molecule has 0 radical (unpaired) electrons. The summed E-state index contributed by atoms with van der Waals surface area (Å²) in [6.07, 6.45) is 2.60. The van der Waals surface area contributed by atoms with Crippen molar-refractivity contribution in [2.45, 2.75) is 45.2 Å². The number of amides is 1. The van der Waals surface area contributed by atoms with Crippen LogP contribution >= 0.6 is 11.3 Å². The van der Waals surface area contributed by atoms with E-state index in [0.29, 0.717) is 0 Å². The first kappa shape index (κ1) is 14.2. The summed E-state index contributed by atoms with van der Waals surface area (Å²) in [5, 5.41) is 2.06. The van der Waals surface area contributed by atoms with Crippen LogP contribution in [0, 0.1) is 0 Å². The van der Waals surface area contributed by atoms with Gasteiger partial charge in [0.1, 0.15) is 0 Å². The number of thiophene rings is 1. The predicted molar refractivity (Wildman–Crippen MR) is 73.1 cm³/mol. The maximum atomic E-state index is 12.0. The molecule has 1 amide bonds. The number of likely N-dealkylation sites (N-methyl/N-ethyl adjacent to an activating group) is 1. The molecule has 0 aromatic carbocycles. The fourth-order valence-corrected chi connectivity index (χ4v) is 2.60. The minimum atomic E-state index is -0.351. The van der Waals surface area contributed by atoms with E-state index in [0.717, 1.165) is 19.3 Å². The molecule has 0 bridgehead atoms. The molecule has 0 fully saturated rings. The van der Waals surface area contributed by atoms with Crippen LogP contribution in [0.5, 0.6) is 0 Å². The summed E-state index contributed by atoms with van der Waals surface area (Å²) in [4.78, 5) is 15.1. The molecule has 0 aliphatic carbocycles. The Balaban J connectivity index is 2.51. The van der Waals surface area contributed by atoms with Gasteiger partial charge in [-0.2, -0.15) is 0 Å². The van der Waals surface area contributed by atoms with Crippen molar-refractivity contribution in [3.63, 3.8) is 0 Å². The van der Waals surface area contributed by atoms with E-state index < -0.39 is 0 Å². The molecule has 0 aliphatic rings. The second kappa shape index (κ2) is 6.77. The molecule has 0 aliphatic heterocycles. The number of hydrogen-bond donors (Lipinski definition) is 1.